The van der Waals surface area contributed by atoms with Gasteiger partial charge in [0, 0.05) is 38.0 Å². The van der Waals surface area contributed by atoms with Crippen molar-refractivity contribution >= 4 is 22.4 Å². The third-order valence-electron chi connectivity index (χ3n) is 3.13. The lowest BCUT2D eigenvalue weighted by Crippen LogP contribution is -2.59. The van der Waals surface area contributed by atoms with Gasteiger partial charge in [0.05, 0.1) is 6.26 Å². The molecule has 0 spiro atoms. The number of aromatic nitrogens is 2. The van der Waals surface area contributed by atoms with Crippen LogP contribution in [0.1, 0.15) is 31.5 Å². The minimum atomic E-state index is -3.20. The van der Waals surface area contributed by atoms with Crippen LogP contribution in [0.2, 0.25) is 0 Å². The number of halogens is 1. The number of rotatable bonds is 6. The molecule has 0 aliphatic carbocycles. The average molecular weight is 325 g/mol. The van der Waals surface area contributed by atoms with E-state index in [9.17, 15) is 8.42 Å². The fourth-order valence-electron chi connectivity index (χ4n) is 1.91. The molecule has 116 valence electrons. The molecule has 7 nitrogen and oxygen atoms in total. The van der Waals surface area contributed by atoms with Crippen molar-refractivity contribution < 1.29 is 12.9 Å². The summed E-state index contributed by atoms with van der Waals surface area (Å²) in [5.74, 6) is 1.33. The van der Waals surface area contributed by atoms with Gasteiger partial charge in [-0.1, -0.05) is 19.0 Å². The summed E-state index contributed by atoms with van der Waals surface area (Å²) < 4.78 is 30.1. The number of nitrogens with zero attached hydrogens (tertiary/aromatic N) is 3. The van der Waals surface area contributed by atoms with E-state index in [1.165, 1.54) is 10.6 Å². The van der Waals surface area contributed by atoms with E-state index in [2.05, 4.69) is 15.5 Å². The average Bonchev–Trinajstić information content (AvgIpc) is 2.68. The number of sulfonamides is 1. The van der Waals surface area contributed by atoms with Crippen LogP contribution in [0.3, 0.4) is 0 Å². The van der Waals surface area contributed by atoms with Crippen LogP contribution < -0.4 is 5.32 Å². The van der Waals surface area contributed by atoms with Gasteiger partial charge in [0.1, 0.15) is 0 Å². The largest absolute Gasteiger partial charge is 0.339 e. The van der Waals surface area contributed by atoms with Crippen molar-refractivity contribution in [1.29, 1.82) is 0 Å². The maximum Gasteiger partial charge on any atom is 0.229 e. The highest BCUT2D eigenvalue weighted by atomic mass is 35.5. The zero-order valence-electron chi connectivity index (χ0n) is 11.9. The van der Waals surface area contributed by atoms with Gasteiger partial charge >= 0.3 is 0 Å². The third-order valence-corrected chi connectivity index (χ3v) is 4.46. The zero-order chi connectivity index (χ0) is 14.0. The summed E-state index contributed by atoms with van der Waals surface area (Å²) in [5.41, 5.74) is 0. The fourth-order valence-corrected chi connectivity index (χ4v) is 3.02. The second kappa shape index (κ2) is 6.84. The van der Waals surface area contributed by atoms with Gasteiger partial charge in [0.15, 0.2) is 5.82 Å². The SMILES string of the molecule is CC(C)c1nc(CCN(C2CNC2)S(C)(=O)=O)no1.Cl. The maximum atomic E-state index is 11.7. The Balaban J connectivity index is 0.00000200. The second-order valence-corrected chi connectivity index (χ2v) is 7.07. The summed E-state index contributed by atoms with van der Waals surface area (Å²) >= 11 is 0. The zero-order valence-corrected chi connectivity index (χ0v) is 13.5. The maximum absolute atomic E-state index is 11.7. The van der Waals surface area contributed by atoms with Gasteiger partial charge in [-0.05, 0) is 0 Å². The van der Waals surface area contributed by atoms with Crippen LogP contribution >= 0.6 is 12.4 Å². The van der Waals surface area contributed by atoms with Crippen LogP contribution in [0.4, 0.5) is 0 Å². The molecule has 0 unspecified atom stereocenters. The van der Waals surface area contributed by atoms with E-state index in [1.807, 2.05) is 13.8 Å². The van der Waals surface area contributed by atoms with Crippen LogP contribution in [-0.4, -0.2) is 54.8 Å². The molecule has 2 heterocycles. The minimum absolute atomic E-state index is 0. The predicted octanol–water partition coefficient (Wildman–Crippen LogP) is 0.391. The Hall–Kier alpha value is -0.700. The first-order chi connectivity index (χ1) is 8.88. The van der Waals surface area contributed by atoms with Crippen LogP contribution in [0.25, 0.3) is 0 Å². The molecule has 0 amide bonds. The standard InChI is InChI=1S/C11H20N4O3S.ClH/c1-8(2)11-13-10(14-18-11)4-5-15(19(3,16)17)9-6-12-7-9;/h8-9,12H,4-7H2,1-3H3;1H. The Kier molecular flexibility index (Phi) is 5.93. The van der Waals surface area contributed by atoms with Gasteiger partial charge < -0.3 is 9.84 Å². The lowest BCUT2D eigenvalue weighted by atomic mass is 10.2. The van der Waals surface area contributed by atoms with Crippen molar-refractivity contribution in [3.63, 3.8) is 0 Å². The van der Waals surface area contributed by atoms with Gasteiger partial charge in [0.25, 0.3) is 0 Å². The summed E-state index contributed by atoms with van der Waals surface area (Å²) in [4.78, 5) is 4.25. The van der Waals surface area contributed by atoms with Gasteiger partial charge in [-0.15, -0.1) is 12.4 Å². The molecule has 2 rings (SSSR count). The molecule has 1 fully saturated rings. The first kappa shape index (κ1) is 17.4. The molecule has 1 saturated heterocycles. The molecule has 0 atom stereocenters. The van der Waals surface area contributed by atoms with E-state index < -0.39 is 10.0 Å². The summed E-state index contributed by atoms with van der Waals surface area (Å²) in [6.07, 6.45) is 1.71. The first-order valence-corrected chi connectivity index (χ1v) is 8.22. The Labute approximate surface area is 125 Å². The molecule has 0 radical (unpaired) electrons. The molecule has 1 N–H and O–H groups in total. The highest BCUT2D eigenvalue weighted by Crippen LogP contribution is 2.13. The third kappa shape index (κ3) is 4.15. The molecule has 9 heteroatoms. The normalized spacial score (nSPS) is 16.2. The molecule has 1 aromatic heterocycles. The topological polar surface area (TPSA) is 88.3 Å². The molecule has 1 aliphatic heterocycles. The highest BCUT2D eigenvalue weighted by Gasteiger charge is 2.31. The van der Waals surface area contributed by atoms with Crippen molar-refractivity contribution in [2.24, 2.45) is 0 Å². The molecular formula is C11H21ClN4O3S. The Morgan fingerprint density at radius 3 is 2.50 bits per heavy atom. The monoisotopic (exact) mass is 324 g/mol. The van der Waals surface area contributed by atoms with Crippen molar-refractivity contribution in [2.75, 3.05) is 25.9 Å². The number of nitrogens with one attached hydrogen (secondary N) is 1. The minimum Gasteiger partial charge on any atom is -0.339 e. The molecule has 0 saturated carbocycles. The molecule has 20 heavy (non-hydrogen) atoms. The fraction of sp³-hybridized carbons (Fsp3) is 0.818. The van der Waals surface area contributed by atoms with Gasteiger partial charge in [0.2, 0.25) is 15.9 Å². The molecule has 0 aromatic carbocycles. The Morgan fingerprint density at radius 2 is 2.10 bits per heavy atom. The lowest BCUT2D eigenvalue weighted by Gasteiger charge is -2.36. The van der Waals surface area contributed by atoms with Gasteiger partial charge in [-0.2, -0.15) is 9.29 Å². The van der Waals surface area contributed by atoms with E-state index in [0.717, 1.165) is 0 Å². The summed E-state index contributed by atoms with van der Waals surface area (Å²) in [5, 5.41) is 6.95. The second-order valence-electron chi connectivity index (χ2n) is 5.14. The highest BCUT2D eigenvalue weighted by molar-refractivity contribution is 7.88. The van der Waals surface area contributed by atoms with Gasteiger partial charge in [-0.3, -0.25) is 0 Å². The quantitative estimate of drug-likeness (QED) is 0.814. The van der Waals surface area contributed by atoms with Crippen molar-refractivity contribution in [3.05, 3.63) is 11.7 Å². The van der Waals surface area contributed by atoms with Crippen molar-refractivity contribution in [1.82, 2.24) is 19.8 Å². The van der Waals surface area contributed by atoms with Gasteiger partial charge in [-0.25, -0.2) is 8.42 Å². The lowest BCUT2D eigenvalue weighted by molar-refractivity contribution is 0.243. The Morgan fingerprint density at radius 1 is 1.45 bits per heavy atom. The molecule has 1 aliphatic rings. The van der Waals surface area contributed by atoms with E-state index in [-0.39, 0.29) is 24.4 Å². The van der Waals surface area contributed by atoms with E-state index in [1.54, 1.807) is 0 Å². The van der Waals surface area contributed by atoms with Crippen LogP contribution in [0.15, 0.2) is 4.52 Å². The van der Waals surface area contributed by atoms with E-state index in [0.29, 0.717) is 37.8 Å². The van der Waals surface area contributed by atoms with Crippen molar-refractivity contribution in [3.8, 4) is 0 Å². The van der Waals surface area contributed by atoms with Crippen LogP contribution in [0, 0.1) is 0 Å². The Bertz CT molecular complexity index is 528. The molecular weight excluding hydrogens is 304 g/mol. The van der Waals surface area contributed by atoms with Crippen LogP contribution in [-0.2, 0) is 16.4 Å². The van der Waals surface area contributed by atoms with Crippen molar-refractivity contribution in [2.45, 2.75) is 32.2 Å². The van der Waals surface area contributed by atoms with E-state index >= 15 is 0 Å². The summed E-state index contributed by atoms with van der Waals surface area (Å²) in [7, 11) is -3.20. The summed E-state index contributed by atoms with van der Waals surface area (Å²) in [6.45, 7) is 5.75. The summed E-state index contributed by atoms with van der Waals surface area (Å²) in [6, 6.07) is 0.0477. The molecule has 0 bridgehead atoms. The smallest absolute Gasteiger partial charge is 0.229 e. The van der Waals surface area contributed by atoms with E-state index in [4.69, 9.17) is 4.52 Å². The predicted molar refractivity (Wildman–Crippen MR) is 77.5 cm³/mol. The number of hydrogen-bond acceptors (Lipinski definition) is 6. The molecule has 1 aromatic rings. The van der Waals surface area contributed by atoms with Crippen LogP contribution in [0.5, 0.6) is 0 Å². The number of hydrogen-bond donors (Lipinski definition) is 1. The first-order valence-electron chi connectivity index (χ1n) is 6.38.